The number of aryl methyl sites for hydroxylation is 1. The monoisotopic (exact) mass is 426 g/mol. The van der Waals surface area contributed by atoms with Gasteiger partial charge in [0.25, 0.3) is 11.8 Å². The average molecular weight is 426 g/mol. The molecule has 3 rings (SSSR count). The van der Waals surface area contributed by atoms with Crippen LogP contribution in [0.1, 0.15) is 31.3 Å². The molecule has 7 nitrogen and oxygen atoms in total. The summed E-state index contributed by atoms with van der Waals surface area (Å²) in [6.45, 7) is 1.79. The van der Waals surface area contributed by atoms with Crippen LogP contribution in [0.4, 0.5) is 4.39 Å². The van der Waals surface area contributed by atoms with E-state index in [-0.39, 0.29) is 24.8 Å². The lowest BCUT2D eigenvalue weighted by Crippen LogP contribution is -2.33. The zero-order valence-electron chi connectivity index (χ0n) is 16.1. The van der Waals surface area contributed by atoms with E-state index in [1.165, 1.54) is 23.5 Å². The third-order valence-electron chi connectivity index (χ3n) is 4.19. The van der Waals surface area contributed by atoms with Crippen LogP contribution in [0.25, 0.3) is 10.6 Å². The molecule has 2 aromatic carbocycles. The quantitative estimate of drug-likeness (QED) is 0.538. The molecule has 0 bridgehead atoms. The summed E-state index contributed by atoms with van der Waals surface area (Å²) >= 11 is 1.24. The van der Waals surface area contributed by atoms with Gasteiger partial charge < -0.3 is 16.4 Å². The Morgan fingerprint density at radius 2 is 1.67 bits per heavy atom. The van der Waals surface area contributed by atoms with Crippen molar-refractivity contribution in [3.8, 4) is 10.6 Å². The second kappa shape index (κ2) is 9.27. The maximum atomic E-state index is 13.1. The number of carbonyl (C=O) groups excluding carboxylic acids is 3. The largest absolute Gasteiger partial charge is 0.368 e. The number of hydrogen-bond donors (Lipinski definition) is 3. The fraction of sp³-hybridized carbons (Fsp3) is 0.143. The minimum atomic E-state index is -0.622. The molecule has 0 aliphatic rings. The van der Waals surface area contributed by atoms with E-state index < -0.39 is 11.8 Å². The van der Waals surface area contributed by atoms with Crippen molar-refractivity contribution in [1.29, 1.82) is 0 Å². The van der Waals surface area contributed by atoms with Crippen molar-refractivity contribution in [1.82, 2.24) is 15.6 Å². The number of thiazole rings is 1. The molecule has 1 aromatic heterocycles. The van der Waals surface area contributed by atoms with Crippen molar-refractivity contribution < 1.29 is 18.8 Å². The van der Waals surface area contributed by atoms with Crippen LogP contribution in [0.15, 0.2) is 48.5 Å². The number of primary amides is 1. The van der Waals surface area contributed by atoms with Crippen molar-refractivity contribution >= 4 is 29.1 Å². The summed E-state index contributed by atoms with van der Waals surface area (Å²) in [5, 5.41) is 5.88. The van der Waals surface area contributed by atoms with E-state index >= 15 is 0 Å². The molecule has 3 amide bonds. The number of nitrogens with two attached hydrogens (primary N) is 1. The van der Waals surface area contributed by atoms with Crippen molar-refractivity contribution in [3.63, 3.8) is 0 Å². The first-order chi connectivity index (χ1) is 14.3. The predicted molar refractivity (Wildman–Crippen MR) is 111 cm³/mol. The highest BCUT2D eigenvalue weighted by atomic mass is 32.1. The van der Waals surface area contributed by atoms with Gasteiger partial charge in [0, 0.05) is 17.7 Å². The van der Waals surface area contributed by atoms with E-state index in [1.54, 1.807) is 43.3 Å². The number of halogens is 1. The van der Waals surface area contributed by atoms with Crippen LogP contribution in [0.2, 0.25) is 0 Å². The molecule has 154 valence electrons. The zero-order valence-corrected chi connectivity index (χ0v) is 16.9. The minimum absolute atomic E-state index is 0.231. The maximum Gasteiger partial charge on any atom is 0.263 e. The highest BCUT2D eigenvalue weighted by Gasteiger charge is 2.16. The smallest absolute Gasteiger partial charge is 0.263 e. The lowest BCUT2D eigenvalue weighted by Gasteiger charge is -2.06. The van der Waals surface area contributed by atoms with E-state index in [0.717, 1.165) is 11.1 Å². The molecule has 0 fully saturated rings. The Hall–Kier alpha value is -3.59. The number of rotatable bonds is 7. The Balaban J connectivity index is 1.61. The Morgan fingerprint density at radius 3 is 2.30 bits per heavy atom. The normalized spacial score (nSPS) is 10.5. The molecule has 0 atom stereocenters. The van der Waals surface area contributed by atoms with Gasteiger partial charge in [-0.2, -0.15) is 0 Å². The van der Waals surface area contributed by atoms with Gasteiger partial charge in [-0.25, -0.2) is 9.37 Å². The summed E-state index contributed by atoms with van der Waals surface area (Å²) in [5.41, 5.74) is 7.52. The predicted octanol–water partition coefficient (Wildman–Crippen LogP) is 2.40. The number of hydrogen-bond acceptors (Lipinski definition) is 5. The topological polar surface area (TPSA) is 114 Å². The van der Waals surface area contributed by atoms with Crippen LogP contribution in [0.5, 0.6) is 0 Å². The molecular weight excluding hydrogens is 407 g/mol. The first kappa shape index (κ1) is 21.1. The van der Waals surface area contributed by atoms with Gasteiger partial charge in [0.05, 0.1) is 12.2 Å². The fourth-order valence-corrected chi connectivity index (χ4v) is 3.62. The molecule has 0 spiro atoms. The van der Waals surface area contributed by atoms with E-state index in [1.807, 2.05) is 0 Å². The lowest BCUT2D eigenvalue weighted by atomic mass is 10.1. The van der Waals surface area contributed by atoms with Crippen LogP contribution < -0.4 is 16.4 Å². The third kappa shape index (κ3) is 5.26. The van der Waals surface area contributed by atoms with Crippen LogP contribution in [-0.4, -0.2) is 29.3 Å². The van der Waals surface area contributed by atoms with Crippen LogP contribution in [0, 0.1) is 12.7 Å². The first-order valence-electron chi connectivity index (χ1n) is 9.00. The molecule has 1 heterocycles. The highest BCUT2D eigenvalue weighted by molar-refractivity contribution is 7.17. The SMILES string of the molecule is Cc1nc(-c2ccc(F)cc2)sc1C(=O)NCc1ccc(C(=O)NCC(N)=O)cc1. The van der Waals surface area contributed by atoms with Gasteiger partial charge >= 0.3 is 0 Å². The second-order valence-corrected chi connectivity index (χ2v) is 7.47. The van der Waals surface area contributed by atoms with E-state index in [2.05, 4.69) is 15.6 Å². The highest BCUT2D eigenvalue weighted by Crippen LogP contribution is 2.28. The van der Waals surface area contributed by atoms with Gasteiger partial charge in [0.1, 0.15) is 15.7 Å². The fourth-order valence-electron chi connectivity index (χ4n) is 2.63. The Morgan fingerprint density at radius 1 is 1.00 bits per heavy atom. The van der Waals surface area contributed by atoms with Crippen molar-refractivity contribution in [2.45, 2.75) is 13.5 Å². The van der Waals surface area contributed by atoms with Gasteiger partial charge in [-0.05, 0) is 48.9 Å². The molecule has 4 N–H and O–H groups in total. The van der Waals surface area contributed by atoms with E-state index in [9.17, 15) is 18.8 Å². The Kier molecular flexibility index (Phi) is 6.53. The summed E-state index contributed by atoms with van der Waals surface area (Å²) in [5.74, 6) is -1.62. The van der Waals surface area contributed by atoms with Crippen molar-refractivity contribution in [3.05, 3.63) is 76.0 Å². The van der Waals surface area contributed by atoms with Crippen molar-refractivity contribution in [2.75, 3.05) is 6.54 Å². The lowest BCUT2D eigenvalue weighted by molar-refractivity contribution is -0.117. The Labute approximate surface area is 176 Å². The standard InChI is InChI=1S/C21H19FN4O3S/c1-12-18(30-21(26-12)15-6-8-16(22)9-7-15)20(29)24-10-13-2-4-14(5-3-13)19(28)25-11-17(23)27/h2-9H,10-11H2,1H3,(H2,23,27)(H,24,29)(H,25,28). The molecular formula is C21H19FN4O3S. The van der Waals surface area contributed by atoms with E-state index in [0.29, 0.717) is 21.1 Å². The Bertz CT molecular complexity index is 1080. The molecule has 3 aromatic rings. The molecule has 0 radical (unpaired) electrons. The molecule has 30 heavy (non-hydrogen) atoms. The number of benzene rings is 2. The summed E-state index contributed by atoms with van der Waals surface area (Å²) in [4.78, 5) is 40.0. The molecule has 0 unspecified atom stereocenters. The van der Waals surface area contributed by atoms with Gasteiger partial charge in [0.15, 0.2) is 0 Å². The first-order valence-corrected chi connectivity index (χ1v) is 9.82. The van der Waals surface area contributed by atoms with Gasteiger partial charge in [-0.1, -0.05) is 12.1 Å². The zero-order chi connectivity index (χ0) is 21.7. The van der Waals surface area contributed by atoms with Crippen LogP contribution in [-0.2, 0) is 11.3 Å². The maximum absolute atomic E-state index is 13.1. The van der Waals surface area contributed by atoms with Gasteiger partial charge in [0.2, 0.25) is 5.91 Å². The average Bonchev–Trinajstić information content (AvgIpc) is 3.12. The molecule has 0 aliphatic heterocycles. The summed E-state index contributed by atoms with van der Waals surface area (Å²) in [6, 6.07) is 12.6. The van der Waals surface area contributed by atoms with Crippen LogP contribution in [0.3, 0.4) is 0 Å². The number of amides is 3. The van der Waals surface area contributed by atoms with Gasteiger partial charge in [-0.3, -0.25) is 14.4 Å². The minimum Gasteiger partial charge on any atom is -0.368 e. The number of nitrogens with zero attached hydrogens (tertiary/aromatic N) is 1. The summed E-state index contributed by atoms with van der Waals surface area (Å²) in [6.07, 6.45) is 0. The van der Waals surface area contributed by atoms with Crippen molar-refractivity contribution in [2.24, 2.45) is 5.73 Å². The number of aromatic nitrogens is 1. The summed E-state index contributed by atoms with van der Waals surface area (Å²) < 4.78 is 13.1. The summed E-state index contributed by atoms with van der Waals surface area (Å²) in [7, 11) is 0. The second-order valence-electron chi connectivity index (χ2n) is 6.47. The number of carbonyl (C=O) groups is 3. The number of nitrogens with one attached hydrogen (secondary N) is 2. The molecule has 0 saturated carbocycles. The van der Waals surface area contributed by atoms with Gasteiger partial charge in [-0.15, -0.1) is 11.3 Å². The molecule has 9 heteroatoms. The molecule has 0 saturated heterocycles. The third-order valence-corrected chi connectivity index (χ3v) is 5.39. The molecule has 0 aliphatic carbocycles. The van der Waals surface area contributed by atoms with Crippen LogP contribution >= 0.6 is 11.3 Å². The van der Waals surface area contributed by atoms with E-state index in [4.69, 9.17) is 5.73 Å².